The number of hydrogen-bond acceptors (Lipinski definition) is 3. The second kappa shape index (κ2) is 9.12. The summed E-state index contributed by atoms with van der Waals surface area (Å²) in [5.74, 6) is 0.429. The van der Waals surface area contributed by atoms with E-state index in [0.29, 0.717) is 31.0 Å². The van der Waals surface area contributed by atoms with Crippen LogP contribution in [-0.4, -0.2) is 31.5 Å². The van der Waals surface area contributed by atoms with Crippen molar-refractivity contribution in [3.63, 3.8) is 0 Å². The Kier molecular flexibility index (Phi) is 6.37. The fourth-order valence-electron chi connectivity index (χ4n) is 2.87. The molecule has 2 amide bonds. The molecule has 146 valence electrons. The predicted molar refractivity (Wildman–Crippen MR) is 105 cm³/mol. The van der Waals surface area contributed by atoms with Gasteiger partial charge < -0.3 is 14.8 Å². The molecule has 0 saturated heterocycles. The van der Waals surface area contributed by atoms with Gasteiger partial charge in [0.05, 0.1) is 13.1 Å². The highest BCUT2D eigenvalue weighted by atomic mass is 19.1. The van der Waals surface area contributed by atoms with Crippen molar-refractivity contribution in [3.05, 3.63) is 84.0 Å². The molecule has 7 heteroatoms. The van der Waals surface area contributed by atoms with E-state index in [0.717, 1.165) is 5.56 Å². The van der Waals surface area contributed by atoms with Gasteiger partial charge in [-0.2, -0.15) is 0 Å². The Balaban J connectivity index is 1.80. The van der Waals surface area contributed by atoms with Crippen LogP contribution in [0.15, 0.2) is 61.2 Å². The maximum absolute atomic E-state index is 14.0. The number of rotatable bonds is 7. The highest BCUT2D eigenvalue weighted by Gasteiger charge is 2.18. The molecule has 0 fully saturated rings. The van der Waals surface area contributed by atoms with E-state index in [1.807, 2.05) is 30.5 Å². The lowest BCUT2D eigenvalue weighted by Gasteiger charge is -2.24. The maximum Gasteiger partial charge on any atom is 0.318 e. The summed E-state index contributed by atoms with van der Waals surface area (Å²) in [5.41, 5.74) is 1.50. The molecule has 0 aliphatic rings. The molecule has 0 aliphatic heterocycles. The number of urea groups is 1. The number of aromatic nitrogens is 3. The zero-order chi connectivity index (χ0) is 19.9. The Labute approximate surface area is 164 Å². The van der Waals surface area contributed by atoms with Crippen LogP contribution in [-0.2, 0) is 19.6 Å². The van der Waals surface area contributed by atoms with Crippen LogP contribution in [0.2, 0.25) is 0 Å². The molecular formula is C21H24FN5O. The molecule has 1 N–H and O–H groups in total. The molecule has 3 aromatic rings. The predicted octanol–water partition coefficient (Wildman–Crippen LogP) is 3.59. The first-order valence-corrected chi connectivity index (χ1v) is 9.20. The molecule has 0 atom stereocenters. The van der Waals surface area contributed by atoms with Gasteiger partial charge in [0.15, 0.2) is 0 Å². The van der Waals surface area contributed by atoms with Gasteiger partial charge in [-0.25, -0.2) is 14.2 Å². The Morgan fingerprint density at radius 1 is 1.18 bits per heavy atom. The molecule has 0 saturated carbocycles. The summed E-state index contributed by atoms with van der Waals surface area (Å²) in [5, 5.41) is 2.92. The zero-order valence-electron chi connectivity index (χ0n) is 16.0. The van der Waals surface area contributed by atoms with Crippen LogP contribution in [0.5, 0.6) is 0 Å². The number of nitrogens with one attached hydrogen (secondary N) is 1. The molecule has 0 aliphatic carbocycles. The largest absolute Gasteiger partial charge is 0.336 e. The molecule has 0 radical (unpaired) electrons. The van der Waals surface area contributed by atoms with Gasteiger partial charge in [-0.3, -0.25) is 4.98 Å². The number of nitrogens with zero attached hydrogens (tertiary/aromatic N) is 4. The standard InChI is InChI=1S/C21H24FN5O/c1-16(2)25-21(28)27(13-17-6-5-9-23-12-17)15-20-24-10-11-26(20)14-18-7-3-4-8-19(18)22/h3-12,16H,13-15H2,1-2H3,(H,25,28). The summed E-state index contributed by atoms with van der Waals surface area (Å²) in [6, 6.07) is 10.3. The summed E-state index contributed by atoms with van der Waals surface area (Å²) >= 11 is 0. The summed E-state index contributed by atoms with van der Waals surface area (Å²) in [6.07, 6.45) is 6.90. The van der Waals surface area contributed by atoms with Crippen LogP contribution in [0.25, 0.3) is 0 Å². The fraction of sp³-hybridized carbons (Fsp3) is 0.286. The number of hydrogen-bond donors (Lipinski definition) is 1. The number of imidazole rings is 1. The second-order valence-electron chi connectivity index (χ2n) is 6.88. The van der Waals surface area contributed by atoms with E-state index in [4.69, 9.17) is 0 Å². The SMILES string of the molecule is CC(C)NC(=O)N(Cc1cccnc1)Cc1nccn1Cc1ccccc1F. The van der Waals surface area contributed by atoms with Gasteiger partial charge in [-0.15, -0.1) is 0 Å². The lowest BCUT2D eigenvalue weighted by atomic mass is 10.2. The van der Waals surface area contributed by atoms with Crippen molar-refractivity contribution in [2.75, 3.05) is 0 Å². The van der Waals surface area contributed by atoms with Gasteiger partial charge in [-0.05, 0) is 31.5 Å². The second-order valence-corrected chi connectivity index (χ2v) is 6.88. The first-order valence-electron chi connectivity index (χ1n) is 9.20. The fourth-order valence-corrected chi connectivity index (χ4v) is 2.87. The summed E-state index contributed by atoms with van der Waals surface area (Å²) in [7, 11) is 0. The Hall–Kier alpha value is -3.22. The van der Waals surface area contributed by atoms with Crippen LogP contribution in [0, 0.1) is 5.82 Å². The molecule has 1 aromatic carbocycles. The number of amides is 2. The lowest BCUT2D eigenvalue weighted by Crippen LogP contribution is -2.42. The van der Waals surface area contributed by atoms with Crippen molar-refractivity contribution in [1.82, 2.24) is 24.8 Å². The number of pyridine rings is 1. The minimum absolute atomic E-state index is 0.0158. The normalized spacial score (nSPS) is 10.9. The number of benzene rings is 1. The van der Waals surface area contributed by atoms with Gasteiger partial charge in [0.2, 0.25) is 0 Å². The van der Waals surface area contributed by atoms with E-state index in [-0.39, 0.29) is 17.9 Å². The van der Waals surface area contributed by atoms with E-state index in [1.54, 1.807) is 47.9 Å². The van der Waals surface area contributed by atoms with Gasteiger partial charge in [0, 0.05) is 42.9 Å². The molecular weight excluding hydrogens is 357 g/mol. The molecule has 6 nitrogen and oxygen atoms in total. The van der Waals surface area contributed by atoms with E-state index < -0.39 is 0 Å². The van der Waals surface area contributed by atoms with Crippen LogP contribution in [0.1, 0.15) is 30.8 Å². The lowest BCUT2D eigenvalue weighted by molar-refractivity contribution is 0.187. The highest BCUT2D eigenvalue weighted by Crippen LogP contribution is 2.13. The van der Waals surface area contributed by atoms with Gasteiger partial charge >= 0.3 is 6.03 Å². The first-order chi connectivity index (χ1) is 13.5. The Morgan fingerprint density at radius 3 is 2.71 bits per heavy atom. The Morgan fingerprint density at radius 2 is 2.00 bits per heavy atom. The molecule has 2 aromatic heterocycles. The summed E-state index contributed by atoms with van der Waals surface area (Å²) in [4.78, 5) is 22.9. The molecule has 0 unspecified atom stereocenters. The number of carbonyl (C=O) groups excluding carboxylic acids is 1. The molecule has 3 rings (SSSR count). The third kappa shape index (κ3) is 5.16. The van der Waals surface area contributed by atoms with Crippen LogP contribution < -0.4 is 5.32 Å². The number of carbonyl (C=O) groups is 1. The average Bonchev–Trinajstić information content (AvgIpc) is 3.10. The van der Waals surface area contributed by atoms with Crippen molar-refractivity contribution in [2.24, 2.45) is 0 Å². The van der Waals surface area contributed by atoms with E-state index in [2.05, 4.69) is 15.3 Å². The first kappa shape index (κ1) is 19.5. The smallest absolute Gasteiger partial charge is 0.318 e. The van der Waals surface area contributed by atoms with E-state index in [1.165, 1.54) is 6.07 Å². The van der Waals surface area contributed by atoms with E-state index in [9.17, 15) is 9.18 Å². The van der Waals surface area contributed by atoms with Gasteiger partial charge in [-0.1, -0.05) is 24.3 Å². The molecule has 28 heavy (non-hydrogen) atoms. The average molecular weight is 381 g/mol. The van der Waals surface area contributed by atoms with Crippen molar-refractivity contribution in [2.45, 2.75) is 39.5 Å². The number of halogens is 1. The zero-order valence-corrected chi connectivity index (χ0v) is 16.0. The van der Waals surface area contributed by atoms with Crippen molar-refractivity contribution in [1.29, 1.82) is 0 Å². The summed E-state index contributed by atoms with van der Waals surface area (Å²) < 4.78 is 15.9. The van der Waals surface area contributed by atoms with Crippen LogP contribution in [0.3, 0.4) is 0 Å². The van der Waals surface area contributed by atoms with Gasteiger partial charge in [0.1, 0.15) is 11.6 Å². The topological polar surface area (TPSA) is 63.1 Å². The summed E-state index contributed by atoms with van der Waals surface area (Å²) in [6.45, 7) is 4.89. The monoisotopic (exact) mass is 381 g/mol. The van der Waals surface area contributed by atoms with Crippen molar-refractivity contribution >= 4 is 6.03 Å². The van der Waals surface area contributed by atoms with E-state index >= 15 is 0 Å². The third-order valence-corrected chi connectivity index (χ3v) is 4.23. The quantitative estimate of drug-likeness (QED) is 0.680. The maximum atomic E-state index is 14.0. The van der Waals surface area contributed by atoms with Crippen molar-refractivity contribution in [3.8, 4) is 0 Å². The minimum atomic E-state index is -0.257. The van der Waals surface area contributed by atoms with Crippen LogP contribution >= 0.6 is 0 Å². The van der Waals surface area contributed by atoms with Gasteiger partial charge in [0.25, 0.3) is 0 Å². The minimum Gasteiger partial charge on any atom is -0.336 e. The van der Waals surface area contributed by atoms with Crippen LogP contribution in [0.4, 0.5) is 9.18 Å². The Bertz CT molecular complexity index is 910. The van der Waals surface area contributed by atoms with Crippen molar-refractivity contribution < 1.29 is 9.18 Å². The molecule has 0 spiro atoms. The highest BCUT2D eigenvalue weighted by molar-refractivity contribution is 5.74. The molecule has 0 bridgehead atoms. The third-order valence-electron chi connectivity index (χ3n) is 4.23. The molecule has 2 heterocycles.